The van der Waals surface area contributed by atoms with Crippen molar-refractivity contribution in [2.24, 2.45) is 4.99 Å². The summed E-state index contributed by atoms with van der Waals surface area (Å²) >= 11 is 0. The standard InChI is InChI=1S/C23H27N5O/c1-24-23(25-12-9-18-7-8-22-19(15-18)10-14-29-22)26-16-20-5-2-3-6-21(20)17-28-13-4-11-27-28/h2-8,11,13,15H,9-10,12,14,16-17H2,1H3,(H2,24,25,26). The Morgan fingerprint density at radius 2 is 2.03 bits per heavy atom. The Bertz CT molecular complexity index is 965. The summed E-state index contributed by atoms with van der Waals surface area (Å²) in [5.74, 6) is 1.84. The predicted octanol–water partition coefficient (Wildman–Crippen LogP) is 2.77. The molecule has 4 rings (SSSR count). The van der Waals surface area contributed by atoms with Gasteiger partial charge in [0.2, 0.25) is 0 Å². The molecule has 1 aliphatic rings. The van der Waals surface area contributed by atoms with E-state index >= 15 is 0 Å². The fourth-order valence-corrected chi connectivity index (χ4v) is 3.57. The van der Waals surface area contributed by atoms with Crippen molar-refractivity contribution in [2.75, 3.05) is 20.2 Å². The molecule has 2 N–H and O–H groups in total. The number of benzene rings is 2. The molecular formula is C23H27N5O. The SMILES string of the molecule is CN=C(NCCc1ccc2c(c1)CCO2)NCc1ccccc1Cn1cccn1. The Morgan fingerprint density at radius 1 is 1.14 bits per heavy atom. The van der Waals surface area contributed by atoms with Crippen LogP contribution >= 0.6 is 0 Å². The minimum atomic E-state index is 0.716. The Balaban J connectivity index is 1.29. The summed E-state index contributed by atoms with van der Waals surface area (Å²) in [6, 6.07) is 16.9. The number of fused-ring (bicyclic) bond motifs is 1. The van der Waals surface area contributed by atoms with Gasteiger partial charge in [-0.05, 0) is 40.8 Å². The van der Waals surface area contributed by atoms with Crippen molar-refractivity contribution in [3.05, 3.63) is 83.2 Å². The number of nitrogens with zero attached hydrogens (tertiary/aromatic N) is 3. The summed E-state index contributed by atoms with van der Waals surface area (Å²) in [6.45, 7) is 3.11. The normalized spacial score (nSPS) is 13.1. The second-order valence-corrected chi connectivity index (χ2v) is 7.12. The monoisotopic (exact) mass is 389 g/mol. The summed E-state index contributed by atoms with van der Waals surface area (Å²) in [7, 11) is 1.80. The molecule has 0 radical (unpaired) electrons. The number of aromatic nitrogens is 2. The molecule has 29 heavy (non-hydrogen) atoms. The van der Waals surface area contributed by atoms with E-state index in [1.807, 2.05) is 16.9 Å². The van der Waals surface area contributed by atoms with Gasteiger partial charge in [0.15, 0.2) is 5.96 Å². The highest BCUT2D eigenvalue weighted by Gasteiger charge is 2.12. The average molecular weight is 390 g/mol. The number of aliphatic imine (C=N–C) groups is 1. The minimum absolute atomic E-state index is 0.716. The number of hydrogen-bond donors (Lipinski definition) is 2. The second-order valence-electron chi connectivity index (χ2n) is 7.12. The van der Waals surface area contributed by atoms with Gasteiger partial charge in [-0.15, -0.1) is 0 Å². The molecule has 0 saturated carbocycles. The molecule has 0 unspecified atom stereocenters. The topological polar surface area (TPSA) is 63.5 Å². The fraction of sp³-hybridized carbons (Fsp3) is 0.304. The number of hydrogen-bond acceptors (Lipinski definition) is 3. The quantitative estimate of drug-likeness (QED) is 0.482. The lowest BCUT2D eigenvalue weighted by atomic mass is 10.1. The van der Waals surface area contributed by atoms with Gasteiger partial charge in [0.25, 0.3) is 0 Å². The third-order valence-corrected chi connectivity index (χ3v) is 5.14. The number of nitrogens with one attached hydrogen (secondary N) is 2. The zero-order valence-corrected chi connectivity index (χ0v) is 16.8. The van der Waals surface area contributed by atoms with E-state index in [4.69, 9.17) is 4.74 Å². The van der Waals surface area contributed by atoms with E-state index in [1.54, 1.807) is 13.2 Å². The molecule has 0 fully saturated rings. The van der Waals surface area contributed by atoms with E-state index < -0.39 is 0 Å². The summed E-state index contributed by atoms with van der Waals surface area (Å²) < 4.78 is 7.52. The summed E-state index contributed by atoms with van der Waals surface area (Å²) in [5.41, 5.74) is 5.13. The van der Waals surface area contributed by atoms with E-state index in [0.29, 0.717) is 6.54 Å². The van der Waals surface area contributed by atoms with Crippen LogP contribution in [0.3, 0.4) is 0 Å². The molecular weight excluding hydrogens is 362 g/mol. The van der Waals surface area contributed by atoms with Crippen molar-refractivity contribution < 1.29 is 4.74 Å². The van der Waals surface area contributed by atoms with Gasteiger partial charge in [-0.2, -0.15) is 5.10 Å². The smallest absolute Gasteiger partial charge is 0.191 e. The van der Waals surface area contributed by atoms with Crippen LogP contribution in [-0.4, -0.2) is 35.9 Å². The van der Waals surface area contributed by atoms with Gasteiger partial charge in [-0.3, -0.25) is 9.67 Å². The highest BCUT2D eigenvalue weighted by Crippen LogP contribution is 2.25. The van der Waals surface area contributed by atoms with Gasteiger partial charge in [0, 0.05) is 39.0 Å². The molecule has 6 heteroatoms. The first-order valence-electron chi connectivity index (χ1n) is 10.0. The third-order valence-electron chi connectivity index (χ3n) is 5.14. The maximum absolute atomic E-state index is 5.58. The minimum Gasteiger partial charge on any atom is -0.493 e. The van der Waals surface area contributed by atoms with Crippen molar-refractivity contribution in [3.8, 4) is 5.75 Å². The summed E-state index contributed by atoms with van der Waals surface area (Å²) in [4.78, 5) is 4.35. The first kappa shape index (κ1) is 19.1. The number of ether oxygens (including phenoxy) is 1. The van der Waals surface area contributed by atoms with Gasteiger partial charge in [-0.25, -0.2) is 0 Å². The van der Waals surface area contributed by atoms with E-state index in [9.17, 15) is 0 Å². The Kier molecular flexibility index (Phi) is 6.10. The van der Waals surface area contributed by atoms with Crippen LogP contribution in [0.25, 0.3) is 0 Å². The lowest BCUT2D eigenvalue weighted by Crippen LogP contribution is -2.38. The highest BCUT2D eigenvalue weighted by atomic mass is 16.5. The van der Waals surface area contributed by atoms with Crippen molar-refractivity contribution in [1.82, 2.24) is 20.4 Å². The van der Waals surface area contributed by atoms with Crippen LogP contribution in [-0.2, 0) is 25.9 Å². The lowest BCUT2D eigenvalue weighted by molar-refractivity contribution is 0.357. The van der Waals surface area contributed by atoms with E-state index in [1.165, 1.54) is 22.3 Å². The van der Waals surface area contributed by atoms with Crippen molar-refractivity contribution >= 4 is 5.96 Å². The molecule has 150 valence electrons. The second kappa shape index (κ2) is 9.28. The Hall–Kier alpha value is -3.28. The summed E-state index contributed by atoms with van der Waals surface area (Å²) in [5, 5.41) is 11.1. The molecule has 6 nitrogen and oxygen atoms in total. The first-order chi connectivity index (χ1) is 14.3. The highest BCUT2D eigenvalue weighted by molar-refractivity contribution is 5.79. The Morgan fingerprint density at radius 3 is 2.86 bits per heavy atom. The van der Waals surface area contributed by atoms with Gasteiger partial charge in [-0.1, -0.05) is 36.4 Å². The van der Waals surface area contributed by atoms with Gasteiger partial charge >= 0.3 is 0 Å². The van der Waals surface area contributed by atoms with Crippen molar-refractivity contribution in [1.29, 1.82) is 0 Å². The van der Waals surface area contributed by atoms with Gasteiger partial charge in [0.05, 0.1) is 13.2 Å². The molecule has 2 heterocycles. The number of rotatable bonds is 7. The zero-order valence-electron chi connectivity index (χ0n) is 16.8. The molecule has 0 bridgehead atoms. The predicted molar refractivity (Wildman–Crippen MR) is 115 cm³/mol. The van der Waals surface area contributed by atoms with Crippen molar-refractivity contribution in [3.63, 3.8) is 0 Å². The molecule has 1 aromatic heterocycles. The van der Waals surface area contributed by atoms with Gasteiger partial charge in [0.1, 0.15) is 5.75 Å². The van der Waals surface area contributed by atoms with E-state index in [2.05, 4.69) is 63.2 Å². The molecule has 1 aliphatic heterocycles. The number of guanidine groups is 1. The van der Waals surface area contributed by atoms with Crippen LogP contribution in [0.2, 0.25) is 0 Å². The van der Waals surface area contributed by atoms with Crippen LogP contribution < -0.4 is 15.4 Å². The molecule has 2 aromatic carbocycles. The molecule has 0 saturated heterocycles. The van der Waals surface area contributed by atoms with E-state index in [0.717, 1.165) is 44.2 Å². The lowest BCUT2D eigenvalue weighted by Gasteiger charge is -2.14. The van der Waals surface area contributed by atoms with Gasteiger partial charge < -0.3 is 15.4 Å². The van der Waals surface area contributed by atoms with Crippen LogP contribution in [0.1, 0.15) is 22.3 Å². The van der Waals surface area contributed by atoms with Crippen molar-refractivity contribution in [2.45, 2.75) is 25.9 Å². The van der Waals surface area contributed by atoms with Crippen LogP contribution in [0.4, 0.5) is 0 Å². The maximum Gasteiger partial charge on any atom is 0.191 e. The Labute approximate surface area is 171 Å². The van der Waals surface area contributed by atoms with Crippen LogP contribution in [0.15, 0.2) is 65.9 Å². The summed E-state index contributed by atoms with van der Waals surface area (Å²) in [6.07, 6.45) is 5.75. The first-order valence-corrected chi connectivity index (χ1v) is 10.0. The molecule has 0 spiro atoms. The molecule has 0 amide bonds. The van der Waals surface area contributed by atoms with E-state index in [-0.39, 0.29) is 0 Å². The molecule has 3 aromatic rings. The largest absolute Gasteiger partial charge is 0.493 e. The zero-order chi connectivity index (χ0) is 19.9. The van der Waals surface area contributed by atoms with Crippen LogP contribution in [0.5, 0.6) is 5.75 Å². The average Bonchev–Trinajstić information content (AvgIpc) is 3.43. The fourth-order valence-electron chi connectivity index (χ4n) is 3.57. The molecule has 0 atom stereocenters. The maximum atomic E-state index is 5.58. The molecule has 0 aliphatic carbocycles. The van der Waals surface area contributed by atoms with Crippen LogP contribution in [0, 0.1) is 0 Å². The third kappa shape index (κ3) is 4.96.